The van der Waals surface area contributed by atoms with Gasteiger partial charge in [0.1, 0.15) is 5.82 Å². The van der Waals surface area contributed by atoms with Crippen LogP contribution in [0.2, 0.25) is 0 Å². The molecule has 8 heteroatoms. The summed E-state index contributed by atoms with van der Waals surface area (Å²) in [6.45, 7) is 6.29. The summed E-state index contributed by atoms with van der Waals surface area (Å²) in [5.41, 5.74) is 1.56. The zero-order chi connectivity index (χ0) is 18.8. The first kappa shape index (κ1) is 17.3. The molecule has 0 fully saturated rings. The Bertz CT molecular complexity index is 1160. The summed E-state index contributed by atoms with van der Waals surface area (Å²) in [6, 6.07) is 9.23. The highest BCUT2D eigenvalue weighted by atomic mass is 32.2. The van der Waals surface area contributed by atoms with Crippen molar-refractivity contribution < 1.29 is 4.42 Å². The van der Waals surface area contributed by atoms with Crippen LogP contribution < -0.4 is 5.56 Å². The summed E-state index contributed by atoms with van der Waals surface area (Å²) < 4.78 is 7.35. The average Bonchev–Trinajstić information content (AvgIpc) is 3.31. The number of furan rings is 1. The van der Waals surface area contributed by atoms with Gasteiger partial charge in [-0.25, -0.2) is 4.98 Å². The van der Waals surface area contributed by atoms with Gasteiger partial charge < -0.3 is 9.40 Å². The van der Waals surface area contributed by atoms with Crippen molar-refractivity contribution in [1.82, 2.24) is 24.7 Å². The van der Waals surface area contributed by atoms with Gasteiger partial charge in [0, 0.05) is 6.54 Å². The number of nitrogens with one attached hydrogen (secondary N) is 1. The highest BCUT2D eigenvalue weighted by Gasteiger charge is 2.16. The third-order valence-electron chi connectivity index (χ3n) is 4.10. The first-order valence-corrected chi connectivity index (χ1v) is 9.35. The molecule has 0 bridgehead atoms. The van der Waals surface area contributed by atoms with Gasteiger partial charge in [0.2, 0.25) is 5.82 Å². The monoisotopic (exact) mass is 379 g/mol. The average molecular weight is 379 g/mol. The minimum absolute atomic E-state index is 0.136. The molecule has 0 saturated heterocycles. The van der Waals surface area contributed by atoms with Gasteiger partial charge in [-0.1, -0.05) is 30.0 Å². The van der Waals surface area contributed by atoms with Crippen molar-refractivity contribution in [3.05, 3.63) is 71.0 Å². The molecule has 0 saturated carbocycles. The number of hydrogen-bond acceptors (Lipinski definition) is 6. The summed E-state index contributed by atoms with van der Waals surface area (Å²) in [6.07, 6.45) is 3.38. The fourth-order valence-electron chi connectivity index (χ4n) is 2.83. The number of hydrogen-bond donors (Lipinski definition) is 1. The largest absolute Gasteiger partial charge is 0.461 e. The second-order valence-electron chi connectivity index (χ2n) is 5.96. The van der Waals surface area contributed by atoms with Crippen molar-refractivity contribution >= 4 is 22.7 Å². The van der Waals surface area contributed by atoms with Gasteiger partial charge in [0.15, 0.2) is 10.9 Å². The van der Waals surface area contributed by atoms with Crippen molar-refractivity contribution in [2.75, 3.05) is 0 Å². The van der Waals surface area contributed by atoms with E-state index < -0.39 is 0 Å². The Hall–Kier alpha value is -3.13. The van der Waals surface area contributed by atoms with E-state index in [9.17, 15) is 4.79 Å². The number of benzene rings is 1. The maximum atomic E-state index is 12.3. The lowest BCUT2D eigenvalue weighted by Crippen LogP contribution is -2.12. The van der Waals surface area contributed by atoms with Gasteiger partial charge in [-0.15, -0.1) is 16.8 Å². The Labute approximate surface area is 159 Å². The number of aromatic amines is 1. The van der Waals surface area contributed by atoms with E-state index in [2.05, 4.69) is 26.7 Å². The summed E-state index contributed by atoms with van der Waals surface area (Å²) in [5.74, 6) is 2.34. The second-order valence-corrected chi connectivity index (χ2v) is 6.90. The Balaban J connectivity index is 1.64. The Kier molecular flexibility index (Phi) is 4.64. The zero-order valence-electron chi connectivity index (χ0n) is 14.7. The molecule has 3 heterocycles. The third kappa shape index (κ3) is 3.31. The molecule has 4 rings (SSSR count). The molecule has 0 amide bonds. The Morgan fingerprint density at radius 3 is 2.96 bits per heavy atom. The van der Waals surface area contributed by atoms with Crippen LogP contribution in [0.1, 0.15) is 11.4 Å². The lowest BCUT2D eigenvalue weighted by atomic mass is 10.1. The van der Waals surface area contributed by atoms with E-state index >= 15 is 0 Å². The van der Waals surface area contributed by atoms with Gasteiger partial charge in [-0.3, -0.25) is 9.36 Å². The minimum Gasteiger partial charge on any atom is -0.461 e. The van der Waals surface area contributed by atoms with Crippen molar-refractivity contribution in [3.8, 4) is 11.6 Å². The molecule has 0 aliphatic heterocycles. The molecule has 3 aromatic heterocycles. The maximum absolute atomic E-state index is 12.3. The minimum atomic E-state index is -0.136. The molecular formula is C19H17N5O2S. The second kappa shape index (κ2) is 7.24. The van der Waals surface area contributed by atoms with Crippen LogP contribution in [0.15, 0.2) is 63.6 Å². The van der Waals surface area contributed by atoms with Crippen LogP contribution in [0.5, 0.6) is 0 Å². The van der Waals surface area contributed by atoms with Crippen molar-refractivity contribution in [2.45, 2.75) is 24.4 Å². The Morgan fingerprint density at radius 2 is 2.19 bits per heavy atom. The summed E-state index contributed by atoms with van der Waals surface area (Å²) in [4.78, 5) is 19.8. The fraction of sp³-hybridized carbons (Fsp3) is 0.158. The van der Waals surface area contributed by atoms with E-state index in [1.807, 2.05) is 29.7 Å². The van der Waals surface area contributed by atoms with Crippen LogP contribution in [0.3, 0.4) is 0 Å². The molecule has 0 radical (unpaired) electrons. The van der Waals surface area contributed by atoms with E-state index in [1.54, 1.807) is 24.5 Å². The van der Waals surface area contributed by atoms with E-state index in [4.69, 9.17) is 4.42 Å². The van der Waals surface area contributed by atoms with Crippen molar-refractivity contribution in [3.63, 3.8) is 0 Å². The number of aromatic nitrogens is 5. The number of fused-ring (bicyclic) bond motifs is 1. The molecule has 27 heavy (non-hydrogen) atoms. The van der Waals surface area contributed by atoms with Crippen LogP contribution in [-0.2, 0) is 12.3 Å². The summed E-state index contributed by atoms with van der Waals surface area (Å²) in [5, 5.41) is 9.78. The first-order valence-electron chi connectivity index (χ1n) is 8.36. The topological polar surface area (TPSA) is 89.6 Å². The van der Waals surface area contributed by atoms with Gasteiger partial charge in [-0.2, -0.15) is 0 Å². The number of aryl methyl sites for hydroxylation is 1. The van der Waals surface area contributed by atoms with E-state index in [0.29, 0.717) is 40.2 Å². The normalized spacial score (nSPS) is 11.1. The van der Waals surface area contributed by atoms with E-state index in [1.165, 1.54) is 11.8 Å². The number of rotatable bonds is 6. The molecule has 0 spiro atoms. The molecule has 1 aromatic carbocycles. The lowest BCUT2D eigenvalue weighted by Gasteiger charge is -2.07. The molecule has 4 aromatic rings. The fourth-order valence-corrected chi connectivity index (χ4v) is 3.65. The van der Waals surface area contributed by atoms with Crippen LogP contribution in [0.4, 0.5) is 0 Å². The number of allylic oxidation sites excluding steroid dienone is 1. The van der Waals surface area contributed by atoms with Crippen molar-refractivity contribution in [2.24, 2.45) is 0 Å². The number of para-hydroxylation sites is 1. The lowest BCUT2D eigenvalue weighted by molar-refractivity contribution is 0.569. The van der Waals surface area contributed by atoms with Crippen LogP contribution in [-0.4, -0.2) is 24.7 Å². The molecule has 0 aliphatic rings. The zero-order valence-corrected chi connectivity index (χ0v) is 15.5. The third-order valence-corrected chi connectivity index (χ3v) is 5.07. The Morgan fingerprint density at radius 1 is 1.30 bits per heavy atom. The predicted octanol–water partition coefficient (Wildman–Crippen LogP) is 3.56. The molecule has 0 atom stereocenters. The van der Waals surface area contributed by atoms with E-state index in [-0.39, 0.29) is 5.56 Å². The van der Waals surface area contributed by atoms with Gasteiger partial charge in [0.25, 0.3) is 5.56 Å². The highest BCUT2D eigenvalue weighted by molar-refractivity contribution is 7.98. The molecule has 1 N–H and O–H groups in total. The van der Waals surface area contributed by atoms with Gasteiger partial charge in [-0.05, 0) is 30.7 Å². The SMILES string of the molecule is C=CCn1c(SCc2nc3c(C)cccc3c(=O)[nH]2)nnc1-c1ccco1. The van der Waals surface area contributed by atoms with E-state index in [0.717, 1.165) is 11.1 Å². The predicted molar refractivity (Wildman–Crippen MR) is 105 cm³/mol. The number of thioether (sulfide) groups is 1. The molecule has 0 aliphatic carbocycles. The molecular weight excluding hydrogens is 362 g/mol. The smallest absolute Gasteiger partial charge is 0.258 e. The van der Waals surface area contributed by atoms with Gasteiger partial charge >= 0.3 is 0 Å². The molecule has 136 valence electrons. The van der Waals surface area contributed by atoms with Crippen LogP contribution in [0.25, 0.3) is 22.5 Å². The number of H-pyrrole nitrogens is 1. The summed E-state index contributed by atoms with van der Waals surface area (Å²) >= 11 is 1.45. The highest BCUT2D eigenvalue weighted by Crippen LogP contribution is 2.26. The number of nitrogens with zero attached hydrogens (tertiary/aromatic N) is 4. The molecule has 0 unspecified atom stereocenters. The standard InChI is InChI=1S/C19H17N5O2S/c1-3-9-24-17(14-8-5-10-26-14)22-23-19(24)27-11-15-20-16-12(2)6-4-7-13(16)18(25)21-15/h3-8,10H,1,9,11H2,2H3,(H,20,21,25). The first-order chi connectivity index (χ1) is 13.2. The van der Waals surface area contributed by atoms with Crippen LogP contribution >= 0.6 is 11.8 Å². The maximum Gasteiger partial charge on any atom is 0.258 e. The van der Waals surface area contributed by atoms with Gasteiger partial charge in [0.05, 0.1) is 22.9 Å². The quantitative estimate of drug-likeness (QED) is 0.407. The molecule has 7 nitrogen and oxygen atoms in total. The van der Waals surface area contributed by atoms with Crippen LogP contribution in [0, 0.1) is 6.92 Å². The van der Waals surface area contributed by atoms with Crippen molar-refractivity contribution in [1.29, 1.82) is 0 Å². The summed E-state index contributed by atoms with van der Waals surface area (Å²) in [7, 11) is 0.